The van der Waals surface area contributed by atoms with Crippen LogP contribution in [0.5, 0.6) is 0 Å². The van der Waals surface area contributed by atoms with Crippen LogP contribution in [0.25, 0.3) is 11.1 Å². The van der Waals surface area contributed by atoms with Crippen LogP contribution in [0.4, 0.5) is 10.6 Å². The molecule has 0 bridgehead atoms. The van der Waals surface area contributed by atoms with Gasteiger partial charge in [0.15, 0.2) is 5.82 Å². The molecule has 3 heterocycles. The van der Waals surface area contributed by atoms with Gasteiger partial charge in [0, 0.05) is 30.3 Å². The molecule has 0 unspecified atom stereocenters. The van der Waals surface area contributed by atoms with Gasteiger partial charge >= 0.3 is 6.09 Å². The van der Waals surface area contributed by atoms with Gasteiger partial charge in [0.05, 0.1) is 0 Å². The summed E-state index contributed by atoms with van der Waals surface area (Å²) < 4.78 is 7.41. The number of anilines is 1. The molecule has 0 saturated carbocycles. The first kappa shape index (κ1) is 19.2. The van der Waals surface area contributed by atoms with E-state index < -0.39 is 5.60 Å². The summed E-state index contributed by atoms with van der Waals surface area (Å²) in [6.07, 6.45) is 5.05. The van der Waals surface area contributed by atoms with Crippen molar-refractivity contribution in [1.29, 1.82) is 0 Å². The van der Waals surface area contributed by atoms with Gasteiger partial charge in [-0.1, -0.05) is 6.08 Å². The summed E-state index contributed by atoms with van der Waals surface area (Å²) in [7, 11) is 0. The zero-order chi connectivity index (χ0) is 19.8. The summed E-state index contributed by atoms with van der Waals surface area (Å²) in [5.41, 5.74) is 9.87. The Morgan fingerprint density at radius 1 is 1.33 bits per heavy atom. The second-order valence-electron chi connectivity index (χ2n) is 8.10. The molecular formula is C20H29N5O2. The van der Waals surface area contributed by atoms with E-state index in [2.05, 4.69) is 29.1 Å². The number of nitrogens with zero attached hydrogens (tertiary/aromatic N) is 4. The molecule has 27 heavy (non-hydrogen) atoms. The number of hydrogen-bond donors (Lipinski definition) is 1. The monoisotopic (exact) mass is 371 g/mol. The summed E-state index contributed by atoms with van der Waals surface area (Å²) in [6.45, 7) is 11.1. The number of aromatic nitrogens is 3. The quantitative estimate of drug-likeness (QED) is 0.866. The topological polar surface area (TPSA) is 85.8 Å². The van der Waals surface area contributed by atoms with Gasteiger partial charge < -0.3 is 15.4 Å². The fourth-order valence-corrected chi connectivity index (χ4v) is 3.52. The molecule has 0 radical (unpaired) electrons. The fourth-order valence-electron chi connectivity index (χ4n) is 3.52. The first-order chi connectivity index (χ1) is 12.7. The van der Waals surface area contributed by atoms with Crippen LogP contribution in [0.1, 0.15) is 64.6 Å². The van der Waals surface area contributed by atoms with Crippen LogP contribution >= 0.6 is 0 Å². The summed E-state index contributed by atoms with van der Waals surface area (Å²) in [5.74, 6) is 0.794. The molecule has 1 aliphatic heterocycles. The van der Waals surface area contributed by atoms with E-state index in [0.29, 0.717) is 24.8 Å². The number of carbonyl (C=O) groups is 1. The van der Waals surface area contributed by atoms with Crippen LogP contribution in [0.3, 0.4) is 0 Å². The zero-order valence-electron chi connectivity index (χ0n) is 16.8. The maximum Gasteiger partial charge on any atom is 0.410 e. The Morgan fingerprint density at radius 3 is 2.59 bits per heavy atom. The minimum absolute atomic E-state index is 0.238. The lowest BCUT2D eigenvalue weighted by molar-refractivity contribution is 0.0203. The lowest BCUT2D eigenvalue weighted by Gasteiger charge is -2.33. The predicted molar refractivity (Wildman–Crippen MR) is 107 cm³/mol. The highest BCUT2D eigenvalue weighted by Crippen LogP contribution is 2.34. The normalized spacial score (nSPS) is 16.8. The van der Waals surface area contributed by atoms with E-state index in [0.717, 1.165) is 35.2 Å². The molecule has 1 aliphatic rings. The number of nitrogen functional groups attached to an aromatic ring is 1. The first-order valence-corrected chi connectivity index (χ1v) is 9.44. The molecule has 1 saturated heterocycles. The van der Waals surface area contributed by atoms with E-state index in [1.165, 1.54) is 6.33 Å². The van der Waals surface area contributed by atoms with Crippen molar-refractivity contribution in [3.63, 3.8) is 0 Å². The van der Waals surface area contributed by atoms with Crippen LogP contribution in [0.2, 0.25) is 0 Å². The fraction of sp³-hybridized carbons (Fsp3) is 0.550. The largest absolute Gasteiger partial charge is 0.444 e. The minimum Gasteiger partial charge on any atom is -0.444 e. The van der Waals surface area contributed by atoms with E-state index in [1.807, 2.05) is 32.2 Å². The van der Waals surface area contributed by atoms with E-state index in [1.54, 1.807) is 4.90 Å². The second kappa shape index (κ2) is 7.21. The number of ether oxygens (including phenoxy) is 1. The van der Waals surface area contributed by atoms with Gasteiger partial charge in [-0.3, -0.25) is 0 Å². The highest BCUT2D eigenvalue weighted by Gasteiger charge is 2.29. The number of carbonyl (C=O) groups excluding carboxylic acids is 1. The molecule has 0 atom stereocenters. The number of fused-ring (bicyclic) bond motifs is 1. The minimum atomic E-state index is -0.473. The maximum atomic E-state index is 12.3. The summed E-state index contributed by atoms with van der Waals surface area (Å²) in [4.78, 5) is 18.3. The van der Waals surface area contributed by atoms with Crippen LogP contribution < -0.4 is 5.73 Å². The van der Waals surface area contributed by atoms with E-state index in [4.69, 9.17) is 10.5 Å². The molecule has 7 nitrogen and oxygen atoms in total. The number of amides is 1. The average Bonchev–Trinajstić information content (AvgIpc) is 3.01. The Kier molecular flexibility index (Phi) is 5.13. The number of nitrogens with two attached hydrogens (primary N) is 1. The lowest BCUT2D eigenvalue weighted by Crippen LogP contribution is -2.41. The highest BCUT2D eigenvalue weighted by molar-refractivity contribution is 5.84. The van der Waals surface area contributed by atoms with Gasteiger partial charge in [0.25, 0.3) is 0 Å². The Hall–Kier alpha value is -2.57. The van der Waals surface area contributed by atoms with Crippen LogP contribution in [0, 0.1) is 0 Å². The van der Waals surface area contributed by atoms with Crippen molar-refractivity contribution >= 4 is 23.0 Å². The number of hydrogen-bond acceptors (Lipinski definition) is 5. The van der Waals surface area contributed by atoms with Gasteiger partial charge in [-0.15, -0.1) is 0 Å². The number of rotatable bonds is 2. The van der Waals surface area contributed by atoms with Gasteiger partial charge in [0.2, 0.25) is 0 Å². The van der Waals surface area contributed by atoms with Crippen LogP contribution in [0.15, 0.2) is 18.5 Å². The summed E-state index contributed by atoms with van der Waals surface area (Å²) in [6, 6.07) is 2.17. The van der Waals surface area contributed by atoms with Gasteiger partial charge in [-0.2, -0.15) is 5.10 Å². The van der Waals surface area contributed by atoms with Crippen molar-refractivity contribution in [3.05, 3.63) is 29.7 Å². The molecule has 0 aliphatic carbocycles. The molecule has 2 N–H and O–H groups in total. The molecule has 1 fully saturated rings. The summed E-state index contributed by atoms with van der Waals surface area (Å²) in [5, 5.41) is 4.45. The van der Waals surface area contributed by atoms with Crippen LogP contribution in [-0.2, 0) is 4.74 Å². The highest BCUT2D eigenvalue weighted by atomic mass is 16.6. The number of allylic oxidation sites excluding steroid dienone is 2. The van der Waals surface area contributed by atoms with Crippen molar-refractivity contribution in [2.45, 2.75) is 59.0 Å². The molecule has 0 spiro atoms. The molecular weight excluding hydrogens is 342 g/mol. The van der Waals surface area contributed by atoms with Crippen molar-refractivity contribution < 1.29 is 9.53 Å². The second-order valence-corrected chi connectivity index (χ2v) is 8.10. The predicted octanol–water partition coefficient (Wildman–Crippen LogP) is 3.85. The third kappa shape index (κ3) is 3.91. The molecule has 2 aromatic heterocycles. The van der Waals surface area contributed by atoms with E-state index >= 15 is 0 Å². The van der Waals surface area contributed by atoms with E-state index in [-0.39, 0.29) is 6.09 Å². The Bertz CT molecular complexity index is 870. The number of piperidine rings is 1. The third-order valence-electron chi connectivity index (χ3n) is 5.03. The first-order valence-electron chi connectivity index (χ1n) is 9.44. The molecule has 0 aromatic carbocycles. The standard InChI is InChI=1S/C20H29N5O2/c1-6-13(2)15-11-16(25-17(15)18(21)22-12-23-25)14-7-9-24(10-8-14)19(26)27-20(3,4)5/h6,11-12,14H,7-10H2,1-5H3,(H2,21,22,23)/b13-6+. The van der Waals surface area contributed by atoms with Crippen molar-refractivity contribution in [3.8, 4) is 0 Å². The molecule has 146 valence electrons. The lowest BCUT2D eigenvalue weighted by atomic mass is 9.93. The SMILES string of the molecule is C/C=C(\C)c1cc(C2CCN(C(=O)OC(C)(C)C)CC2)n2ncnc(N)c12. The van der Waals surface area contributed by atoms with Crippen LogP contribution in [-0.4, -0.2) is 44.3 Å². The Balaban J connectivity index is 1.84. The molecule has 3 rings (SSSR count). The van der Waals surface area contributed by atoms with Gasteiger partial charge in [0.1, 0.15) is 17.4 Å². The zero-order valence-corrected chi connectivity index (χ0v) is 16.8. The molecule has 7 heteroatoms. The van der Waals surface area contributed by atoms with Crippen molar-refractivity contribution in [2.24, 2.45) is 0 Å². The van der Waals surface area contributed by atoms with Gasteiger partial charge in [-0.05, 0) is 59.1 Å². The number of likely N-dealkylation sites (tertiary alicyclic amines) is 1. The third-order valence-corrected chi connectivity index (χ3v) is 5.03. The summed E-state index contributed by atoms with van der Waals surface area (Å²) >= 11 is 0. The Labute approximate surface area is 160 Å². The molecule has 1 amide bonds. The Morgan fingerprint density at radius 2 is 2.00 bits per heavy atom. The average molecular weight is 371 g/mol. The van der Waals surface area contributed by atoms with Gasteiger partial charge in [-0.25, -0.2) is 14.3 Å². The smallest absolute Gasteiger partial charge is 0.410 e. The van der Waals surface area contributed by atoms with Crippen molar-refractivity contribution in [1.82, 2.24) is 19.5 Å². The van der Waals surface area contributed by atoms with E-state index in [9.17, 15) is 4.79 Å². The maximum absolute atomic E-state index is 12.3. The van der Waals surface area contributed by atoms with Crippen molar-refractivity contribution in [2.75, 3.05) is 18.8 Å². The molecule has 2 aromatic rings.